The first-order valence-corrected chi connectivity index (χ1v) is 23.9. The first kappa shape index (κ1) is 47.5. The van der Waals surface area contributed by atoms with Crippen molar-refractivity contribution in [1.29, 1.82) is 0 Å². The van der Waals surface area contributed by atoms with Gasteiger partial charge in [-0.15, -0.1) is 0 Å². The van der Waals surface area contributed by atoms with Crippen LogP contribution in [0.25, 0.3) is 32.7 Å². The fourth-order valence-electron chi connectivity index (χ4n) is 8.74. The van der Waals surface area contributed by atoms with Crippen LogP contribution in [0, 0.1) is 0 Å². The van der Waals surface area contributed by atoms with Gasteiger partial charge in [-0.3, -0.25) is 0 Å². The van der Waals surface area contributed by atoms with Crippen LogP contribution in [0.15, 0.2) is 264 Å². The molecular weight excluding hydrogens is 809 g/mol. The van der Waals surface area contributed by atoms with Gasteiger partial charge < -0.3 is 10.2 Å². The van der Waals surface area contributed by atoms with E-state index in [1.165, 1.54) is 49.5 Å². The predicted octanol–water partition coefficient (Wildman–Crippen LogP) is 18.1. The fraction of sp³-hybridized carbons (Fsp3) is 0.169. The molecule has 67 heavy (non-hydrogen) atoms. The van der Waals surface area contributed by atoms with Gasteiger partial charge in [-0.05, 0) is 175 Å². The summed E-state index contributed by atoms with van der Waals surface area (Å²) >= 11 is 0. The molecule has 0 radical (unpaired) electrons. The minimum atomic E-state index is 0.702. The molecule has 0 unspecified atom stereocenters. The summed E-state index contributed by atoms with van der Waals surface area (Å²) < 4.78 is 0. The van der Waals surface area contributed by atoms with Crippen LogP contribution in [0.2, 0.25) is 0 Å². The highest BCUT2D eigenvalue weighted by Gasteiger charge is 2.20. The lowest BCUT2D eigenvalue weighted by atomic mass is 9.85. The minimum Gasteiger partial charge on any atom is -0.382 e. The van der Waals surface area contributed by atoms with Crippen molar-refractivity contribution in [1.82, 2.24) is 5.32 Å². The molecule has 2 aliphatic rings. The molecule has 0 spiro atoms. The molecule has 7 rings (SSSR count). The Labute approximate surface area is 401 Å². The number of hydrogen-bond acceptors (Lipinski definition) is 2. The van der Waals surface area contributed by atoms with Crippen LogP contribution >= 0.6 is 0 Å². The van der Waals surface area contributed by atoms with Crippen molar-refractivity contribution >= 4 is 44.1 Å². The third kappa shape index (κ3) is 12.3. The first-order chi connectivity index (χ1) is 32.8. The Morgan fingerprint density at radius 1 is 0.746 bits per heavy atom. The van der Waals surface area contributed by atoms with Gasteiger partial charge in [-0.25, -0.2) is 0 Å². The van der Waals surface area contributed by atoms with Gasteiger partial charge in [0.2, 0.25) is 0 Å². The molecule has 0 atom stereocenters. The zero-order valence-corrected chi connectivity index (χ0v) is 40.2. The van der Waals surface area contributed by atoms with E-state index in [9.17, 15) is 0 Å². The molecule has 1 N–H and O–H groups in total. The van der Waals surface area contributed by atoms with Crippen molar-refractivity contribution in [3.05, 3.63) is 276 Å². The number of hydrogen-bond donors (Lipinski definition) is 1. The molecule has 2 nitrogen and oxygen atoms in total. The van der Waals surface area contributed by atoms with Crippen LogP contribution in [0.5, 0.6) is 0 Å². The molecule has 5 aromatic carbocycles. The van der Waals surface area contributed by atoms with Gasteiger partial charge in [0.1, 0.15) is 0 Å². The van der Waals surface area contributed by atoms with Crippen molar-refractivity contribution in [2.45, 2.75) is 66.7 Å². The summed E-state index contributed by atoms with van der Waals surface area (Å²) in [5.74, 6) is 0. The largest absolute Gasteiger partial charge is 0.382 e. The molecule has 0 aliphatic heterocycles. The van der Waals surface area contributed by atoms with Gasteiger partial charge in [0.05, 0.1) is 0 Å². The number of benzene rings is 5. The van der Waals surface area contributed by atoms with E-state index in [4.69, 9.17) is 6.58 Å². The van der Waals surface area contributed by atoms with Gasteiger partial charge in [0.25, 0.3) is 0 Å². The topological polar surface area (TPSA) is 15.3 Å². The Hall–Kier alpha value is -7.42. The molecule has 336 valence electrons. The van der Waals surface area contributed by atoms with Gasteiger partial charge in [0.15, 0.2) is 0 Å². The molecular formula is C65H66N2. The second-order valence-corrected chi connectivity index (χ2v) is 17.3. The third-order valence-corrected chi connectivity index (χ3v) is 12.5. The Morgan fingerprint density at radius 2 is 1.49 bits per heavy atom. The maximum absolute atomic E-state index is 4.83. The third-order valence-electron chi connectivity index (χ3n) is 12.5. The number of nitrogens with zero attached hydrogens (tertiary/aromatic N) is 1. The summed E-state index contributed by atoms with van der Waals surface area (Å²) in [6.45, 7) is 20.8. The van der Waals surface area contributed by atoms with Crippen molar-refractivity contribution in [3.63, 3.8) is 0 Å². The van der Waals surface area contributed by atoms with E-state index in [-0.39, 0.29) is 0 Å². The minimum absolute atomic E-state index is 0.702. The monoisotopic (exact) mass is 875 g/mol. The summed E-state index contributed by atoms with van der Waals surface area (Å²) in [5.41, 5.74) is 15.7. The highest BCUT2D eigenvalue weighted by Crippen LogP contribution is 2.39. The molecule has 0 bridgehead atoms. The number of allylic oxidation sites excluding steroid dienone is 23. The van der Waals surface area contributed by atoms with Crippen LogP contribution in [0.1, 0.15) is 77.8 Å². The zero-order valence-electron chi connectivity index (χ0n) is 40.2. The van der Waals surface area contributed by atoms with Crippen molar-refractivity contribution in [2.75, 3.05) is 11.4 Å². The lowest BCUT2D eigenvalue weighted by molar-refractivity contribution is 0.886. The SMILES string of the molecule is C=C\C(=C/C(=C\C)C(/C(=C)c1ccccc1)=C(\C=C/C=C\C)C(/C)=C\CNC1=CCCC=C1)N(c1ccc(/C2=C/C=C(\C)CC/C=C\C(C)=C\C2)cc1)c1ccc2c(ccc3ccccc32)c1. The lowest BCUT2D eigenvalue weighted by Crippen LogP contribution is -2.16. The summed E-state index contributed by atoms with van der Waals surface area (Å²) in [7, 11) is 0. The number of rotatable bonds is 15. The average Bonchev–Trinajstić information content (AvgIpc) is 3.40. The van der Waals surface area contributed by atoms with E-state index in [0.717, 1.165) is 82.6 Å². The molecule has 5 aromatic rings. The van der Waals surface area contributed by atoms with Crippen LogP contribution in [0.3, 0.4) is 0 Å². The molecule has 2 aliphatic carbocycles. The molecule has 0 fully saturated rings. The Morgan fingerprint density at radius 3 is 2.25 bits per heavy atom. The second-order valence-electron chi connectivity index (χ2n) is 17.3. The van der Waals surface area contributed by atoms with Crippen molar-refractivity contribution in [2.24, 2.45) is 0 Å². The number of fused-ring (bicyclic) bond motifs is 3. The van der Waals surface area contributed by atoms with Crippen LogP contribution in [-0.4, -0.2) is 6.54 Å². The van der Waals surface area contributed by atoms with E-state index in [1.807, 2.05) is 13.0 Å². The smallest absolute Gasteiger partial charge is 0.0468 e. The summed E-state index contributed by atoms with van der Waals surface area (Å²) in [4.78, 5) is 2.34. The zero-order chi connectivity index (χ0) is 47.0. The highest BCUT2D eigenvalue weighted by molar-refractivity contribution is 6.08. The number of nitrogens with one attached hydrogen (secondary N) is 1. The van der Waals surface area contributed by atoms with E-state index in [0.29, 0.717) is 6.54 Å². The standard InChI is InChI=1S/C65H66N2/c1-8-11-14-30-62(50(6)44-45-66-58-28-17-13-18-29-58)65(51(7)53-25-15-12-16-26-53)52(9-2)46-59(10-3)67(61-42-43-64-57(47-61)37-36-56-27-21-22-31-63(56)64)60-40-38-55(39-41-60)54-34-32-48(4)23-19-20-24-49(5)33-35-54/h8-12,14-17,19,21-23,25-33,35-44,46-47,66H,3,7,13,18,20,24,34,45H2,1-2,4-6H3/b11-8-,23-19-,30-14-,48-32+,49-33+,50-44-,52-9+,54-35+,59-46+,65-62+. The molecule has 2 heteroatoms. The lowest BCUT2D eigenvalue weighted by Gasteiger charge is -2.28. The Bertz CT molecular complexity index is 2980. The Balaban J connectivity index is 1.40. The van der Waals surface area contributed by atoms with Crippen molar-refractivity contribution in [3.8, 4) is 0 Å². The predicted molar refractivity (Wildman–Crippen MR) is 295 cm³/mol. The van der Waals surface area contributed by atoms with E-state index in [2.05, 4.69) is 245 Å². The first-order valence-electron chi connectivity index (χ1n) is 23.9. The normalized spacial score (nSPS) is 18.6. The van der Waals surface area contributed by atoms with Crippen LogP contribution in [0.4, 0.5) is 11.4 Å². The molecule has 0 saturated carbocycles. The van der Waals surface area contributed by atoms with Crippen LogP contribution in [-0.2, 0) is 0 Å². The maximum Gasteiger partial charge on any atom is 0.0468 e. The maximum atomic E-state index is 4.83. The average molecular weight is 875 g/mol. The van der Waals surface area contributed by atoms with Crippen molar-refractivity contribution < 1.29 is 0 Å². The van der Waals surface area contributed by atoms with Gasteiger partial charge >= 0.3 is 0 Å². The summed E-state index contributed by atoms with van der Waals surface area (Å²) in [6, 6.07) is 39.5. The second kappa shape index (κ2) is 23.7. The van der Waals surface area contributed by atoms with Gasteiger partial charge in [-0.2, -0.15) is 0 Å². The molecule has 0 amide bonds. The van der Waals surface area contributed by atoms with Crippen LogP contribution < -0.4 is 10.2 Å². The highest BCUT2D eigenvalue weighted by atomic mass is 15.1. The summed E-state index contributed by atoms with van der Waals surface area (Å²) in [6.07, 6.45) is 40.6. The molecule has 0 saturated heterocycles. The van der Waals surface area contributed by atoms with E-state index in [1.54, 1.807) is 0 Å². The Kier molecular flexibility index (Phi) is 16.8. The fourth-order valence-corrected chi connectivity index (χ4v) is 8.74. The van der Waals surface area contributed by atoms with E-state index < -0.39 is 0 Å². The quantitative estimate of drug-likeness (QED) is 0.0833. The molecule has 0 aromatic heterocycles. The van der Waals surface area contributed by atoms with Gasteiger partial charge in [-0.1, -0.05) is 188 Å². The van der Waals surface area contributed by atoms with Gasteiger partial charge in [0, 0.05) is 29.3 Å². The molecule has 0 heterocycles. The number of anilines is 2. The van der Waals surface area contributed by atoms with E-state index >= 15 is 0 Å². The summed E-state index contributed by atoms with van der Waals surface area (Å²) in [5, 5.41) is 8.51.